The Bertz CT molecular complexity index is 2390. The number of primary amides is 1. The summed E-state index contributed by atoms with van der Waals surface area (Å²) in [4.78, 5) is 55.1. The predicted octanol–water partition coefficient (Wildman–Crippen LogP) is 5.22. The highest BCUT2D eigenvalue weighted by Crippen LogP contribution is 2.40. The minimum absolute atomic E-state index is 0.212. The van der Waals surface area contributed by atoms with Crippen LogP contribution in [0.4, 0.5) is 22.9 Å². The van der Waals surface area contributed by atoms with Crippen LogP contribution in [0, 0.1) is 5.92 Å². The average Bonchev–Trinajstić information content (AvgIpc) is 3.89. The fourth-order valence-electron chi connectivity index (χ4n) is 9.29. The summed E-state index contributed by atoms with van der Waals surface area (Å²) >= 11 is 6.68. The van der Waals surface area contributed by atoms with Crippen LogP contribution in [0.2, 0.25) is 5.02 Å². The van der Waals surface area contributed by atoms with E-state index in [4.69, 9.17) is 27.4 Å². The van der Waals surface area contributed by atoms with Crippen molar-refractivity contribution in [2.75, 3.05) is 74.5 Å². The molecule has 59 heavy (non-hydrogen) atoms. The Labute approximate surface area is 348 Å². The van der Waals surface area contributed by atoms with Crippen LogP contribution in [0.15, 0.2) is 67.0 Å². The highest BCUT2D eigenvalue weighted by molar-refractivity contribution is 6.32. The van der Waals surface area contributed by atoms with Gasteiger partial charge in [-0.05, 0) is 85.5 Å². The van der Waals surface area contributed by atoms with Crippen LogP contribution < -0.4 is 26.2 Å². The van der Waals surface area contributed by atoms with E-state index in [9.17, 15) is 14.4 Å². The summed E-state index contributed by atoms with van der Waals surface area (Å²) in [6.45, 7) is 9.04. The van der Waals surface area contributed by atoms with Crippen molar-refractivity contribution in [3.63, 3.8) is 0 Å². The number of aromatic nitrogens is 4. The largest absolute Gasteiger partial charge is 0.385 e. The molecule has 14 nitrogen and oxygen atoms in total. The first-order valence-corrected chi connectivity index (χ1v) is 21.1. The van der Waals surface area contributed by atoms with Crippen LogP contribution in [0.25, 0.3) is 16.9 Å². The third-order valence-electron chi connectivity index (χ3n) is 12.7. The monoisotopic (exact) mass is 815 g/mol. The number of rotatable bonds is 11. The first kappa shape index (κ1) is 38.9. The second-order valence-electron chi connectivity index (χ2n) is 16.2. The number of benzene rings is 2. The molecule has 0 spiro atoms. The molecule has 0 saturated carbocycles. The Morgan fingerprint density at radius 3 is 2.46 bits per heavy atom. The molecule has 3 saturated heterocycles. The summed E-state index contributed by atoms with van der Waals surface area (Å²) in [6, 6.07) is 18.7. The van der Waals surface area contributed by atoms with Gasteiger partial charge in [0.1, 0.15) is 5.69 Å². The maximum Gasteiger partial charge on any atom is 0.269 e. The molecule has 1 unspecified atom stereocenters. The number of piperazine rings is 1. The molecule has 3 amide bonds. The van der Waals surface area contributed by atoms with Crippen LogP contribution in [0.1, 0.15) is 65.2 Å². The first-order valence-electron chi connectivity index (χ1n) is 20.8. The fraction of sp³-hybridized carbons (Fsp3) is 0.409. The Morgan fingerprint density at radius 1 is 0.915 bits per heavy atom. The van der Waals surface area contributed by atoms with E-state index < -0.39 is 5.91 Å². The van der Waals surface area contributed by atoms with E-state index in [1.807, 2.05) is 31.4 Å². The zero-order chi connectivity index (χ0) is 40.6. The molecule has 4 aliphatic heterocycles. The number of imide groups is 1. The Balaban J connectivity index is 0.746. The molecule has 15 heteroatoms. The molecule has 2 aromatic carbocycles. The smallest absolute Gasteiger partial charge is 0.269 e. The number of pyridine rings is 1. The molecule has 4 aliphatic rings. The van der Waals surface area contributed by atoms with Crippen molar-refractivity contribution in [1.82, 2.24) is 34.7 Å². The van der Waals surface area contributed by atoms with E-state index >= 15 is 0 Å². The third-order valence-corrected chi connectivity index (χ3v) is 13.0. The maximum atomic E-state index is 12.4. The number of nitrogens with one attached hydrogen (secondary N) is 2. The Hall–Kier alpha value is -5.57. The van der Waals surface area contributed by atoms with Gasteiger partial charge in [0.2, 0.25) is 11.8 Å². The first-order chi connectivity index (χ1) is 28.7. The number of fused-ring (bicyclic) bond motifs is 2. The topological polar surface area (TPSA) is 157 Å². The molecule has 5 aromatic rings. The van der Waals surface area contributed by atoms with Gasteiger partial charge in [-0.2, -0.15) is 0 Å². The van der Waals surface area contributed by atoms with Gasteiger partial charge in [-0.25, -0.2) is 9.50 Å². The number of halogens is 1. The van der Waals surface area contributed by atoms with Crippen molar-refractivity contribution in [3.05, 3.63) is 94.4 Å². The molecule has 4 N–H and O–H groups in total. The van der Waals surface area contributed by atoms with Gasteiger partial charge >= 0.3 is 0 Å². The summed E-state index contributed by atoms with van der Waals surface area (Å²) in [5, 5.41) is 11.0. The van der Waals surface area contributed by atoms with Gasteiger partial charge in [-0.1, -0.05) is 35.9 Å². The summed E-state index contributed by atoms with van der Waals surface area (Å²) in [5.41, 5.74) is 14.7. The van der Waals surface area contributed by atoms with Gasteiger partial charge in [0.25, 0.3) is 5.91 Å². The molecule has 3 fully saturated rings. The lowest BCUT2D eigenvalue weighted by Gasteiger charge is -2.37. The molecule has 3 aromatic heterocycles. The zero-order valence-electron chi connectivity index (χ0n) is 33.4. The van der Waals surface area contributed by atoms with Gasteiger partial charge < -0.3 is 25.8 Å². The third kappa shape index (κ3) is 7.96. The number of carbonyl (C=O) groups excluding carboxylic acids is 3. The lowest BCUT2D eigenvalue weighted by Crippen LogP contribution is -2.46. The van der Waals surface area contributed by atoms with Crippen molar-refractivity contribution in [3.8, 4) is 11.3 Å². The molecule has 0 radical (unpaired) electrons. The Kier molecular flexibility index (Phi) is 10.9. The molecule has 0 bridgehead atoms. The number of hydrogen-bond acceptors (Lipinski definition) is 11. The van der Waals surface area contributed by atoms with E-state index in [-0.39, 0.29) is 23.4 Å². The second-order valence-corrected chi connectivity index (χ2v) is 16.6. The Morgan fingerprint density at radius 2 is 1.73 bits per heavy atom. The summed E-state index contributed by atoms with van der Waals surface area (Å²) < 4.78 is 1.52. The number of amides is 3. The van der Waals surface area contributed by atoms with Crippen molar-refractivity contribution in [2.24, 2.45) is 11.7 Å². The van der Waals surface area contributed by atoms with E-state index in [0.717, 1.165) is 112 Å². The number of anilines is 4. The number of piperidine rings is 2. The molecule has 7 heterocycles. The number of carbonyl (C=O) groups is 3. The molecule has 0 aliphatic carbocycles. The summed E-state index contributed by atoms with van der Waals surface area (Å²) in [6.07, 6.45) is 8.73. The van der Waals surface area contributed by atoms with Crippen molar-refractivity contribution in [2.45, 2.75) is 51.0 Å². The van der Waals surface area contributed by atoms with Crippen LogP contribution in [-0.2, 0) is 22.6 Å². The van der Waals surface area contributed by atoms with Gasteiger partial charge in [0, 0.05) is 100 Å². The molecule has 9 rings (SSSR count). The fourth-order valence-corrected chi connectivity index (χ4v) is 9.60. The van der Waals surface area contributed by atoms with Crippen LogP contribution in [0.5, 0.6) is 0 Å². The van der Waals surface area contributed by atoms with Gasteiger partial charge in [0.05, 0.1) is 23.5 Å². The standard InChI is InChI=1S/C44H50ClN11O3/c1-47-37-24-40(51-56-39(42(46)58)26-49-43(37)56)55-18-14-33-32(3-2-4-38(33)55)36-9-5-29(25-48-36)27-53-21-19-52(20-22-53)15-11-28-12-16-54(17-13-28)30-6-7-31(35(45)23-30)34-8-10-41(57)50-44(34)59/h2-7,9,23-26,28,34,47H,8,10-22,27H2,1H3,(H2,46,58)(H,50,57,59). The van der Waals surface area contributed by atoms with E-state index in [2.05, 4.69) is 71.6 Å². The van der Waals surface area contributed by atoms with Gasteiger partial charge in [0.15, 0.2) is 11.5 Å². The summed E-state index contributed by atoms with van der Waals surface area (Å²) in [5.74, 6) is 0.0149. The quantitative estimate of drug-likeness (QED) is 0.150. The maximum absolute atomic E-state index is 12.4. The SMILES string of the molecule is CNc1cc(N2CCc3c(-c4ccc(CN5CCN(CCC6CCN(c7ccc(C8CCC(=O)NC8=O)c(Cl)c7)CC6)CC5)cn4)cccc32)nn2c(C(N)=O)cnc12. The molecule has 1 atom stereocenters. The number of nitrogens with two attached hydrogens (primary N) is 1. The second kappa shape index (κ2) is 16.6. The van der Waals surface area contributed by atoms with Gasteiger partial charge in [-0.15, -0.1) is 5.10 Å². The lowest BCUT2D eigenvalue weighted by atomic mass is 9.90. The van der Waals surface area contributed by atoms with Crippen molar-refractivity contribution < 1.29 is 14.4 Å². The zero-order valence-corrected chi connectivity index (χ0v) is 34.1. The van der Waals surface area contributed by atoms with Gasteiger partial charge in [-0.3, -0.25) is 29.6 Å². The number of nitrogens with zero attached hydrogens (tertiary/aromatic N) is 8. The highest BCUT2D eigenvalue weighted by Gasteiger charge is 2.31. The van der Waals surface area contributed by atoms with Crippen LogP contribution in [0.3, 0.4) is 0 Å². The highest BCUT2D eigenvalue weighted by atomic mass is 35.5. The number of hydrogen-bond donors (Lipinski definition) is 3. The van der Waals surface area contributed by atoms with E-state index in [1.54, 1.807) is 0 Å². The van der Waals surface area contributed by atoms with Crippen molar-refractivity contribution in [1.29, 1.82) is 0 Å². The molecular weight excluding hydrogens is 766 g/mol. The minimum atomic E-state index is -0.576. The predicted molar refractivity (Wildman–Crippen MR) is 229 cm³/mol. The van der Waals surface area contributed by atoms with Crippen molar-refractivity contribution >= 4 is 57.8 Å². The minimum Gasteiger partial charge on any atom is -0.385 e. The van der Waals surface area contributed by atoms with E-state index in [0.29, 0.717) is 35.2 Å². The van der Waals surface area contributed by atoms with Crippen LogP contribution >= 0.6 is 11.6 Å². The van der Waals surface area contributed by atoms with E-state index in [1.165, 1.54) is 28.3 Å². The number of imidazole rings is 1. The molecule has 306 valence electrons. The van der Waals surface area contributed by atoms with Crippen LogP contribution in [-0.4, -0.2) is 107 Å². The lowest BCUT2D eigenvalue weighted by molar-refractivity contribution is -0.134. The molecular formula is C44H50ClN11O3. The average molecular weight is 816 g/mol. The normalized spacial score (nSPS) is 19.3. The summed E-state index contributed by atoms with van der Waals surface area (Å²) in [7, 11) is 1.83.